The van der Waals surface area contributed by atoms with Gasteiger partial charge in [0, 0.05) is 24.6 Å². The van der Waals surface area contributed by atoms with Gasteiger partial charge in [-0.3, -0.25) is 18.6 Å². The van der Waals surface area contributed by atoms with Crippen LogP contribution in [0.25, 0.3) is 11.3 Å². The normalized spacial score (nSPS) is 10.9. The second kappa shape index (κ2) is 8.27. The molecule has 146 valence electrons. The van der Waals surface area contributed by atoms with E-state index < -0.39 is 0 Å². The monoisotopic (exact) mass is 409 g/mol. The fraction of sp³-hybridized carbons (Fsp3) is 0.100. The van der Waals surface area contributed by atoms with Crippen molar-refractivity contribution in [3.8, 4) is 5.69 Å². The minimum atomic E-state index is -0.319. The Hall–Kier alpha value is -3.46. The molecule has 0 aliphatic carbocycles. The van der Waals surface area contributed by atoms with E-state index in [2.05, 4.69) is 15.5 Å². The Labute approximate surface area is 169 Å². The van der Waals surface area contributed by atoms with Gasteiger partial charge >= 0.3 is 5.56 Å². The van der Waals surface area contributed by atoms with Gasteiger partial charge in [0.1, 0.15) is 5.82 Å². The number of fused-ring (bicyclic) bond motifs is 1. The Morgan fingerprint density at radius 1 is 1.03 bits per heavy atom. The summed E-state index contributed by atoms with van der Waals surface area (Å²) in [6.45, 7) is 0.308. The van der Waals surface area contributed by atoms with Crippen molar-refractivity contribution in [1.29, 1.82) is 0 Å². The summed E-state index contributed by atoms with van der Waals surface area (Å²) >= 11 is 1.18. The number of carbonyl (C=O) groups is 1. The van der Waals surface area contributed by atoms with Crippen LogP contribution in [0.5, 0.6) is 0 Å². The van der Waals surface area contributed by atoms with E-state index in [-0.39, 0.29) is 28.7 Å². The molecule has 2 aromatic heterocycles. The molecule has 0 bridgehead atoms. The van der Waals surface area contributed by atoms with Crippen LogP contribution in [0.3, 0.4) is 0 Å². The highest BCUT2D eigenvalue weighted by Crippen LogP contribution is 2.16. The molecule has 0 atom stereocenters. The molecular weight excluding hydrogens is 393 g/mol. The van der Waals surface area contributed by atoms with Gasteiger partial charge in [-0.15, -0.1) is 10.2 Å². The van der Waals surface area contributed by atoms with Gasteiger partial charge in [0.2, 0.25) is 11.6 Å². The number of amides is 1. The van der Waals surface area contributed by atoms with Crippen LogP contribution in [-0.4, -0.2) is 30.8 Å². The van der Waals surface area contributed by atoms with E-state index in [1.54, 1.807) is 28.9 Å². The smallest absolute Gasteiger partial charge is 0.300 e. The van der Waals surface area contributed by atoms with Gasteiger partial charge in [-0.25, -0.2) is 4.39 Å². The van der Waals surface area contributed by atoms with Crippen LogP contribution >= 0.6 is 11.8 Å². The maximum atomic E-state index is 12.9. The first-order chi connectivity index (χ1) is 14.1. The lowest BCUT2D eigenvalue weighted by Gasteiger charge is -2.06. The number of thioether (sulfide) groups is 1. The Morgan fingerprint density at radius 3 is 2.55 bits per heavy atom. The molecule has 0 saturated heterocycles. The molecule has 9 heteroatoms. The van der Waals surface area contributed by atoms with Crippen LogP contribution in [0.15, 0.2) is 76.9 Å². The zero-order valence-electron chi connectivity index (χ0n) is 15.2. The predicted octanol–water partition coefficient (Wildman–Crippen LogP) is 2.43. The first kappa shape index (κ1) is 18.9. The number of halogens is 1. The zero-order chi connectivity index (χ0) is 20.2. The largest absolute Gasteiger partial charge is 0.351 e. The fourth-order valence-corrected chi connectivity index (χ4v) is 3.49. The quantitative estimate of drug-likeness (QED) is 0.495. The number of nitrogens with one attached hydrogen (secondary N) is 1. The van der Waals surface area contributed by atoms with Crippen LogP contribution in [0.4, 0.5) is 4.39 Å². The average molecular weight is 409 g/mol. The van der Waals surface area contributed by atoms with Crippen molar-refractivity contribution >= 4 is 23.3 Å². The van der Waals surface area contributed by atoms with E-state index in [0.717, 1.165) is 11.3 Å². The highest BCUT2D eigenvalue weighted by Gasteiger charge is 2.13. The maximum absolute atomic E-state index is 12.9. The zero-order valence-corrected chi connectivity index (χ0v) is 16.0. The highest BCUT2D eigenvalue weighted by atomic mass is 32.2. The van der Waals surface area contributed by atoms with Gasteiger partial charge in [0.25, 0.3) is 0 Å². The Kier molecular flexibility index (Phi) is 5.39. The lowest BCUT2D eigenvalue weighted by molar-refractivity contribution is -0.118. The lowest BCUT2D eigenvalue weighted by atomic mass is 10.2. The number of nitrogens with zero attached hydrogens (tertiary/aromatic N) is 4. The van der Waals surface area contributed by atoms with Gasteiger partial charge in [-0.05, 0) is 29.8 Å². The summed E-state index contributed by atoms with van der Waals surface area (Å²) in [5, 5.41) is 11.2. The molecule has 0 unspecified atom stereocenters. The average Bonchev–Trinajstić information content (AvgIpc) is 3.17. The minimum Gasteiger partial charge on any atom is -0.351 e. The number of hydrogen-bond acceptors (Lipinski definition) is 5. The predicted molar refractivity (Wildman–Crippen MR) is 108 cm³/mol. The van der Waals surface area contributed by atoms with Gasteiger partial charge in [0.05, 0.1) is 5.75 Å². The summed E-state index contributed by atoms with van der Waals surface area (Å²) < 4.78 is 16.0. The number of aromatic nitrogens is 4. The van der Waals surface area contributed by atoms with Crippen LogP contribution in [0, 0.1) is 5.82 Å². The standard InChI is InChI=1S/C20H16FN5O2S/c21-15-8-6-14(7-9-15)12-22-17(27)13-29-20-24-23-18-19(28)25(10-11-26(18)20)16-4-2-1-3-5-16/h1-11H,12-13H2,(H,22,27). The van der Waals surface area contributed by atoms with Gasteiger partial charge in [-0.1, -0.05) is 42.1 Å². The third-order valence-electron chi connectivity index (χ3n) is 4.21. The second-order valence-corrected chi connectivity index (χ2v) is 7.12. The van der Waals surface area contributed by atoms with Crippen molar-refractivity contribution in [2.24, 2.45) is 0 Å². The molecule has 1 N–H and O–H groups in total. The van der Waals surface area contributed by atoms with Crippen molar-refractivity contribution in [3.05, 3.63) is 88.7 Å². The molecule has 0 aliphatic heterocycles. The molecular formula is C20H16FN5O2S. The molecule has 4 aromatic rings. The minimum absolute atomic E-state index is 0.115. The SMILES string of the molecule is O=C(CSc1nnc2c(=O)n(-c3ccccc3)ccn12)NCc1ccc(F)cc1. The number of carbonyl (C=O) groups excluding carboxylic acids is 1. The molecule has 2 heterocycles. The first-order valence-electron chi connectivity index (χ1n) is 8.77. The summed E-state index contributed by atoms with van der Waals surface area (Å²) in [6.07, 6.45) is 3.34. The van der Waals surface area contributed by atoms with E-state index in [9.17, 15) is 14.0 Å². The molecule has 7 nitrogen and oxygen atoms in total. The maximum Gasteiger partial charge on any atom is 0.300 e. The van der Waals surface area contributed by atoms with Gasteiger partial charge in [0.15, 0.2) is 5.16 Å². The van der Waals surface area contributed by atoms with Crippen molar-refractivity contribution < 1.29 is 9.18 Å². The van der Waals surface area contributed by atoms with Crippen LogP contribution < -0.4 is 10.9 Å². The molecule has 4 rings (SSSR count). The molecule has 0 fully saturated rings. The van der Waals surface area contributed by atoms with E-state index in [1.165, 1.54) is 28.5 Å². The molecule has 0 spiro atoms. The molecule has 1 amide bonds. The second-order valence-electron chi connectivity index (χ2n) is 6.18. The van der Waals surface area contributed by atoms with Crippen molar-refractivity contribution in [3.63, 3.8) is 0 Å². The highest BCUT2D eigenvalue weighted by molar-refractivity contribution is 7.99. The van der Waals surface area contributed by atoms with Crippen LogP contribution in [0.1, 0.15) is 5.56 Å². The third-order valence-corrected chi connectivity index (χ3v) is 5.15. The number of hydrogen-bond donors (Lipinski definition) is 1. The summed E-state index contributed by atoms with van der Waals surface area (Å²) in [6, 6.07) is 15.2. The third kappa shape index (κ3) is 4.19. The molecule has 29 heavy (non-hydrogen) atoms. The summed E-state index contributed by atoms with van der Waals surface area (Å²) in [7, 11) is 0. The summed E-state index contributed by atoms with van der Waals surface area (Å²) in [4.78, 5) is 24.8. The van der Waals surface area contributed by atoms with Crippen molar-refractivity contribution in [2.45, 2.75) is 11.7 Å². The van der Waals surface area contributed by atoms with Gasteiger partial charge < -0.3 is 5.32 Å². The Morgan fingerprint density at radius 2 is 1.79 bits per heavy atom. The summed E-state index contributed by atoms with van der Waals surface area (Å²) in [5.74, 6) is -0.404. The van der Waals surface area contributed by atoms with E-state index in [0.29, 0.717) is 11.7 Å². The lowest BCUT2D eigenvalue weighted by Crippen LogP contribution is -2.24. The van der Waals surface area contributed by atoms with E-state index in [1.807, 2.05) is 30.3 Å². The molecule has 0 radical (unpaired) electrons. The topological polar surface area (TPSA) is 81.3 Å². The molecule has 0 aliphatic rings. The Bertz CT molecular complexity index is 1210. The fourth-order valence-electron chi connectivity index (χ4n) is 2.74. The summed E-state index contributed by atoms with van der Waals surface area (Å²) in [5.41, 5.74) is 1.43. The van der Waals surface area contributed by atoms with Crippen LogP contribution in [0.2, 0.25) is 0 Å². The number of rotatable bonds is 6. The first-order valence-corrected chi connectivity index (χ1v) is 9.76. The Balaban J connectivity index is 1.43. The van der Waals surface area contributed by atoms with Crippen molar-refractivity contribution in [2.75, 3.05) is 5.75 Å². The van der Waals surface area contributed by atoms with Gasteiger partial charge in [-0.2, -0.15) is 0 Å². The van der Waals surface area contributed by atoms with E-state index in [4.69, 9.17) is 0 Å². The number of para-hydroxylation sites is 1. The van der Waals surface area contributed by atoms with Crippen LogP contribution in [-0.2, 0) is 11.3 Å². The molecule has 0 saturated carbocycles. The molecule has 2 aromatic carbocycles. The number of benzene rings is 2. The van der Waals surface area contributed by atoms with E-state index >= 15 is 0 Å². The van der Waals surface area contributed by atoms with Crippen molar-refractivity contribution in [1.82, 2.24) is 24.5 Å².